The molecule has 0 atom stereocenters. The Labute approximate surface area is 88.0 Å². The highest BCUT2D eigenvalue weighted by Crippen LogP contribution is 2.29. The highest BCUT2D eigenvalue weighted by Gasteiger charge is 2.28. The Hall–Kier alpha value is -0.530. The van der Waals surface area contributed by atoms with Gasteiger partial charge in [0.15, 0.2) is 0 Å². The first-order chi connectivity index (χ1) is 6.16. The summed E-state index contributed by atoms with van der Waals surface area (Å²) in [7, 11) is 0. The molecule has 0 saturated heterocycles. The Morgan fingerprint density at radius 1 is 1.14 bits per heavy atom. The van der Waals surface area contributed by atoms with Gasteiger partial charge in [-0.1, -0.05) is 27.7 Å². The molecule has 0 fully saturated rings. The lowest BCUT2D eigenvalue weighted by atomic mass is 9.83. The van der Waals surface area contributed by atoms with Crippen molar-refractivity contribution in [3.63, 3.8) is 0 Å². The third-order valence-corrected chi connectivity index (χ3v) is 1.80. The Kier molecular flexibility index (Phi) is 4.63. The quantitative estimate of drug-likeness (QED) is 0.649. The van der Waals surface area contributed by atoms with Crippen molar-refractivity contribution in [3.05, 3.63) is 0 Å². The topological polar surface area (TPSA) is 26.3 Å². The molecule has 0 spiro atoms. The zero-order valence-electron chi connectivity index (χ0n) is 10.4. The van der Waals surface area contributed by atoms with E-state index in [2.05, 4.69) is 20.8 Å². The number of rotatable bonds is 4. The molecule has 0 aromatic heterocycles. The molecule has 0 aromatic rings. The summed E-state index contributed by atoms with van der Waals surface area (Å²) >= 11 is 0. The fraction of sp³-hybridized carbons (Fsp3) is 0.917. The lowest BCUT2D eigenvalue weighted by Gasteiger charge is -2.32. The predicted octanol–water partition coefficient (Wildman–Crippen LogP) is 3.54. The smallest absolute Gasteiger partial charge is 0.306 e. The predicted molar refractivity (Wildman–Crippen MR) is 59.2 cm³/mol. The highest BCUT2D eigenvalue weighted by molar-refractivity contribution is 5.69. The van der Waals surface area contributed by atoms with Gasteiger partial charge in [-0.05, 0) is 32.1 Å². The van der Waals surface area contributed by atoms with Crippen LogP contribution >= 0.6 is 0 Å². The molecular weight excluding hydrogens is 176 g/mol. The fourth-order valence-electron chi connectivity index (χ4n) is 1.88. The van der Waals surface area contributed by atoms with Gasteiger partial charge in [0.05, 0.1) is 0 Å². The summed E-state index contributed by atoms with van der Waals surface area (Å²) in [4.78, 5) is 11.3. The molecule has 0 heterocycles. The molecular formula is C12H24O2. The maximum atomic E-state index is 11.3. The van der Waals surface area contributed by atoms with E-state index in [9.17, 15) is 4.79 Å². The van der Waals surface area contributed by atoms with Gasteiger partial charge in [-0.2, -0.15) is 0 Å². The monoisotopic (exact) mass is 200 g/mol. The van der Waals surface area contributed by atoms with E-state index in [0.29, 0.717) is 6.42 Å². The average molecular weight is 200 g/mol. The van der Waals surface area contributed by atoms with Crippen LogP contribution in [0.4, 0.5) is 0 Å². The van der Waals surface area contributed by atoms with E-state index in [1.807, 2.05) is 20.8 Å². The molecule has 0 aromatic carbocycles. The minimum absolute atomic E-state index is 0.0817. The van der Waals surface area contributed by atoms with Gasteiger partial charge in [0, 0.05) is 6.42 Å². The van der Waals surface area contributed by atoms with Crippen LogP contribution in [0.25, 0.3) is 0 Å². The molecule has 14 heavy (non-hydrogen) atoms. The van der Waals surface area contributed by atoms with Gasteiger partial charge in [-0.25, -0.2) is 0 Å². The molecule has 0 N–H and O–H groups in total. The molecule has 2 nitrogen and oxygen atoms in total. The third kappa shape index (κ3) is 6.93. The zero-order chi connectivity index (χ0) is 11.4. The molecule has 0 unspecified atom stereocenters. The van der Waals surface area contributed by atoms with Crippen LogP contribution in [0.15, 0.2) is 0 Å². The second-order valence-electron chi connectivity index (χ2n) is 5.72. The van der Waals surface area contributed by atoms with E-state index < -0.39 is 0 Å². The van der Waals surface area contributed by atoms with Gasteiger partial charge < -0.3 is 4.74 Å². The van der Waals surface area contributed by atoms with Crippen molar-refractivity contribution in [2.45, 2.75) is 66.4 Å². The number of hydrogen-bond donors (Lipinski definition) is 0. The van der Waals surface area contributed by atoms with Crippen molar-refractivity contribution in [1.82, 2.24) is 0 Å². The van der Waals surface area contributed by atoms with Crippen molar-refractivity contribution in [1.29, 1.82) is 0 Å². The number of hydrogen-bond acceptors (Lipinski definition) is 2. The van der Waals surface area contributed by atoms with Crippen LogP contribution in [0, 0.1) is 5.41 Å². The first kappa shape index (κ1) is 13.5. The standard InChI is InChI=1S/C12H24O2/c1-7-8-10(13)14-12(5,6)9-11(2,3)4/h7-9H2,1-6H3. The average Bonchev–Trinajstić information content (AvgIpc) is 1.78. The van der Waals surface area contributed by atoms with Crippen molar-refractivity contribution in [3.8, 4) is 0 Å². The maximum absolute atomic E-state index is 11.3. The van der Waals surface area contributed by atoms with Gasteiger partial charge in [0.2, 0.25) is 0 Å². The molecule has 0 bridgehead atoms. The number of ether oxygens (including phenoxy) is 1. The Morgan fingerprint density at radius 2 is 1.64 bits per heavy atom. The summed E-state index contributed by atoms with van der Waals surface area (Å²) in [6, 6.07) is 0. The summed E-state index contributed by atoms with van der Waals surface area (Å²) in [5.74, 6) is -0.0817. The number of carbonyl (C=O) groups excluding carboxylic acids is 1. The molecule has 0 aliphatic carbocycles. The summed E-state index contributed by atoms with van der Waals surface area (Å²) in [5, 5.41) is 0. The summed E-state index contributed by atoms with van der Waals surface area (Å²) < 4.78 is 5.42. The normalized spacial score (nSPS) is 12.7. The van der Waals surface area contributed by atoms with E-state index in [4.69, 9.17) is 4.74 Å². The van der Waals surface area contributed by atoms with E-state index in [0.717, 1.165) is 12.8 Å². The van der Waals surface area contributed by atoms with E-state index in [1.165, 1.54) is 0 Å². The van der Waals surface area contributed by atoms with Gasteiger partial charge in [0.25, 0.3) is 0 Å². The van der Waals surface area contributed by atoms with E-state index >= 15 is 0 Å². The van der Waals surface area contributed by atoms with Crippen LogP contribution in [0.3, 0.4) is 0 Å². The van der Waals surface area contributed by atoms with E-state index in [1.54, 1.807) is 0 Å². The highest BCUT2D eigenvalue weighted by atomic mass is 16.6. The Morgan fingerprint density at radius 3 is 2.00 bits per heavy atom. The minimum atomic E-state index is -0.343. The molecule has 0 aliphatic heterocycles. The number of esters is 1. The zero-order valence-corrected chi connectivity index (χ0v) is 10.4. The third-order valence-electron chi connectivity index (χ3n) is 1.80. The van der Waals surface area contributed by atoms with Crippen LogP contribution < -0.4 is 0 Å². The molecule has 0 amide bonds. The second-order valence-corrected chi connectivity index (χ2v) is 5.72. The Balaban J connectivity index is 4.13. The molecule has 0 saturated carbocycles. The van der Waals surface area contributed by atoms with Crippen molar-refractivity contribution >= 4 is 5.97 Å². The van der Waals surface area contributed by atoms with Crippen LogP contribution in [0.5, 0.6) is 0 Å². The van der Waals surface area contributed by atoms with Crippen molar-refractivity contribution in [2.24, 2.45) is 5.41 Å². The van der Waals surface area contributed by atoms with E-state index in [-0.39, 0.29) is 17.0 Å². The largest absolute Gasteiger partial charge is 0.460 e. The van der Waals surface area contributed by atoms with Crippen LogP contribution in [-0.4, -0.2) is 11.6 Å². The van der Waals surface area contributed by atoms with Crippen LogP contribution in [-0.2, 0) is 9.53 Å². The Bertz CT molecular complexity index is 187. The molecule has 0 rings (SSSR count). The summed E-state index contributed by atoms with van der Waals surface area (Å²) in [6.45, 7) is 12.4. The number of carbonyl (C=O) groups is 1. The first-order valence-corrected chi connectivity index (χ1v) is 5.38. The summed E-state index contributed by atoms with van der Waals surface area (Å²) in [5.41, 5.74) is -0.152. The lowest BCUT2D eigenvalue weighted by molar-refractivity contribution is -0.158. The molecule has 2 heteroatoms. The van der Waals surface area contributed by atoms with Gasteiger partial charge >= 0.3 is 5.97 Å². The van der Waals surface area contributed by atoms with Gasteiger partial charge in [-0.15, -0.1) is 0 Å². The van der Waals surface area contributed by atoms with Crippen molar-refractivity contribution < 1.29 is 9.53 Å². The molecule has 0 radical (unpaired) electrons. The van der Waals surface area contributed by atoms with Crippen molar-refractivity contribution in [2.75, 3.05) is 0 Å². The SMILES string of the molecule is CCCC(=O)OC(C)(C)CC(C)(C)C. The maximum Gasteiger partial charge on any atom is 0.306 e. The lowest BCUT2D eigenvalue weighted by Crippen LogP contribution is -2.32. The van der Waals surface area contributed by atoms with Gasteiger partial charge in [0.1, 0.15) is 5.60 Å². The minimum Gasteiger partial charge on any atom is -0.460 e. The van der Waals surface area contributed by atoms with Crippen LogP contribution in [0.2, 0.25) is 0 Å². The first-order valence-electron chi connectivity index (χ1n) is 5.38. The van der Waals surface area contributed by atoms with Crippen LogP contribution in [0.1, 0.15) is 60.8 Å². The second kappa shape index (κ2) is 4.81. The summed E-state index contributed by atoms with van der Waals surface area (Å²) in [6.07, 6.45) is 2.26. The molecule has 0 aliphatic rings. The fourth-order valence-corrected chi connectivity index (χ4v) is 1.88. The van der Waals surface area contributed by atoms with Gasteiger partial charge in [-0.3, -0.25) is 4.79 Å². The molecule has 84 valence electrons.